The van der Waals surface area contributed by atoms with E-state index in [1.807, 2.05) is 86.7 Å². The molecule has 4 aliphatic rings. The van der Waals surface area contributed by atoms with Crippen LogP contribution in [0.3, 0.4) is 0 Å². The van der Waals surface area contributed by atoms with Crippen molar-refractivity contribution in [1.82, 2.24) is 5.01 Å². The lowest BCUT2D eigenvalue weighted by Crippen LogP contribution is -2.54. The molecule has 55 heavy (non-hydrogen) atoms. The number of rotatable bonds is 8. The summed E-state index contributed by atoms with van der Waals surface area (Å²) < 4.78 is 10.9. The van der Waals surface area contributed by atoms with E-state index in [4.69, 9.17) is 21.1 Å². The van der Waals surface area contributed by atoms with E-state index in [0.29, 0.717) is 27.5 Å². The molecule has 3 fully saturated rings. The van der Waals surface area contributed by atoms with Crippen molar-refractivity contribution in [2.45, 2.75) is 32.1 Å². The molecule has 4 aromatic rings. The van der Waals surface area contributed by atoms with Crippen molar-refractivity contribution >= 4 is 52.7 Å². The van der Waals surface area contributed by atoms with E-state index in [-0.39, 0.29) is 41.9 Å². The Morgan fingerprint density at radius 1 is 0.855 bits per heavy atom. The zero-order valence-corrected chi connectivity index (χ0v) is 31.5. The number of imide groups is 2. The number of anilines is 2. The molecule has 0 spiro atoms. The number of fused-ring (bicyclic) bond motifs is 4. The molecule has 2 aliphatic carbocycles. The van der Waals surface area contributed by atoms with Gasteiger partial charge < -0.3 is 14.6 Å². The van der Waals surface area contributed by atoms with Gasteiger partial charge in [0.15, 0.2) is 11.5 Å². The number of nitrogens with zero attached hydrogens (tertiary/aromatic N) is 2. The Labute approximate surface area is 324 Å². The summed E-state index contributed by atoms with van der Waals surface area (Å²) in [6.07, 6.45) is 6.19. The number of hydrogen-bond donors (Lipinski definition) is 2. The highest BCUT2D eigenvalue weighted by molar-refractivity contribution is 6.32. The first kappa shape index (κ1) is 36.1. The largest absolute Gasteiger partial charge is 0.502 e. The third kappa shape index (κ3) is 5.61. The fraction of sp³-hybridized carbons (Fsp3) is 0.273. The number of amides is 4. The minimum Gasteiger partial charge on any atom is -0.502 e. The summed E-state index contributed by atoms with van der Waals surface area (Å²) in [5.74, 6) is -4.80. The maximum absolute atomic E-state index is 15.3. The van der Waals surface area contributed by atoms with Crippen molar-refractivity contribution in [2.75, 3.05) is 24.5 Å². The zero-order valence-electron chi connectivity index (χ0n) is 30.8. The van der Waals surface area contributed by atoms with Gasteiger partial charge in [0, 0.05) is 10.9 Å². The summed E-state index contributed by atoms with van der Waals surface area (Å²) in [4.78, 5) is 60.1. The molecule has 2 heterocycles. The molecule has 4 aromatic carbocycles. The molecular weight excluding hydrogens is 718 g/mol. The van der Waals surface area contributed by atoms with Crippen LogP contribution in [-0.2, 0) is 24.6 Å². The van der Waals surface area contributed by atoms with Crippen LogP contribution >= 0.6 is 11.6 Å². The maximum Gasteiger partial charge on any atom is 0.260 e. The monoisotopic (exact) mass is 757 g/mol. The van der Waals surface area contributed by atoms with E-state index in [0.717, 1.165) is 21.7 Å². The number of nitrogens with one attached hydrogen (secondary N) is 1. The van der Waals surface area contributed by atoms with Crippen molar-refractivity contribution in [3.8, 4) is 17.2 Å². The number of aryl methyl sites for hydroxylation is 2. The Morgan fingerprint density at radius 2 is 1.55 bits per heavy atom. The molecule has 11 heteroatoms. The second-order valence-corrected chi connectivity index (χ2v) is 15.1. The first-order valence-corrected chi connectivity index (χ1v) is 18.6. The highest BCUT2D eigenvalue weighted by Crippen LogP contribution is 2.61. The maximum atomic E-state index is 15.3. The number of phenols is 1. The van der Waals surface area contributed by atoms with Gasteiger partial charge >= 0.3 is 0 Å². The molecule has 2 N–H and O–H groups in total. The summed E-state index contributed by atoms with van der Waals surface area (Å²) in [6, 6.07) is 25.2. The van der Waals surface area contributed by atoms with Crippen molar-refractivity contribution in [2.24, 2.45) is 29.6 Å². The number of hydrazine groups is 1. The van der Waals surface area contributed by atoms with Gasteiger partial charge in [-0.05, 0) is 85.7 Å². The summed E-state index contributed by atoms with van der Waals surface area (Å²) in [5.41, 5.74) is 6.62. The van der Waals surface area contributed by atoms with Crippen molar-refractivity contribution in [3.63, 3.8) is 0 Å². The van der Waals surface area contributed by atoms with E-state index in [9.17, 15) is 19.5 Å². The van der Waals surface area contributed by atoms with E-state index in [1.165, 1.54) is 19.1 Å². The average molecular weight is 758 g/mol. The molecule has 1 saturated carbocycles. The first-order chi connectivity index (χ1) is 26.5. The minimum atomic E-state index is -1.41. The van der Waals surface area contributed by atoms with Gasteiger partial charge in [0.1, 0.15) is 0 Å². The van der Waals surface area contributed by atoms with Crippen LogP contribution in [0, 0.1) is 43.4 Å². The van der Waals surface area contributed by atoms with Crippen LogP contribution in [0.15, 0.2) is 103 Å². The number of carbonyl (C=O) groups is 4. The van der Waals surface area contributed by atoms with Crippen LogP contribution in [0.5, 0.6) is 17.2 Å². The van der Waals surface area contributed by atoms with Gasteiger partial charge in [-0.25, -0.2) is 4.90 Å². The number of phenolic OH excluding ortho intramolecular Hbond substituents is 1. The third-order valence-electron chi connectivity index (χ3n) is 11.9. The van der Waals surface area contributed by atoms with E-state index < -0.39 is 46.8 Å². The van der Waals surface area contributed by atoms with Gasteiger partial charge in [-0.3, -0.25) is 24.6 Å². The lowest BCUT2D eigenvalue weighted by molar-refractivity contribution is -0.139. The number of allylic oxidation sites excluding steroid dienone is 3. The Hall–Kier alpha value is -5.87. The quantitative estimate of drug-likeness (QED) is 0.141. The Balaban J connectivity index is 1.30. The van der Waals surface area contributed by atoms with Crippen LogP contribution in [0.1, 0.15) is 35.1 Å². The van der Waals surface area contributed by atoms with Crippen LogP contribution in [0.25, 0.3) is 6.08 Å². The fourth-order valence-electron chi connectivity index (χ4n) is 9.19. The predicted molar refractivity (Wildman–Crippen MR) is 208 cm³/mol. The molecule has 4 amide bonds. The number of halogens is 1. The lowest BCUT2D eigenvalue weighted by Gasteiger charge is -2.49. The molecule has 2 aliphatic heterocycles. The van der Waals surface area contributed by atoms with Crippen LogP contribution in [0.4, 0.5) is 11.4 Å². The number of methoxy groups -OCH3 is 2. The second kappa shape index (κ2) is 13.8. The van der Waals surface area contributed by atoms with Crippen LogP contribution in [-0.4, -0.2) is 48.0 Å². The average Bonchev–Trinajstić information content (AvgIpc) is 3.57. The van der Waals surface area contributed by atoms with Crippen molar-refractivity contribution in [3.05, 3.63) is 130 Å². The third-order valence-corrected chi connectivity index (χ3v) is 12.3. The normalized spacial score (nSPS) is 25.8. The molecule has 8 rings (SSSR count). The predicted octanol–water partition coefficient (Wildman–Crippen LogP) is 7.41. The second-order valence-electron chi connectivity index (χ2n) is 14.7. The van der Waals surface area contributed by atoms with E-state index >= 15 is 4.79 Å². The molecule has 10 nitrogen and oxygen atoms in total. The summed E-state index contributed by atoms with van der Waals surface area (Å²) in [5, 5.41) is 12.2. The smallest absolute Gasteiger partial charge is 0.260 e. The SMILES string of the molecule is COc1cc(C=C[C@H]2C3=CC[C@@H]4C(=O)N(c5ccc(C)c(Cl)c5)C(=O)[C@@H]4[C@@H]3C[C@H]3C(=O)N(Nc4ccc(C)cc4)C(=O)[C@@]23c2ccccc2)cc(OC)c1O. The lowest BCUT2D eigenvalue weighted by atomic mass is 9.50. The molecule has 6 atom stereocenters. The molecule has 0 unspecified atom stereocenters. The fourth-order valence-corrected chi connectivity index (χ4v) is 9.36. The molecule has 280 valence electrons. The van der Waals surface area contributed by atoms with Crippen molar-refractivity contribution < 1.29 is 33.8 Å². The number of carbonyl (C=O) groups excluding carboxylic acids is 4. The number of benzene rings is 4. The van der Waals surface area contributed by atoms with Crippen LogP contribution in [0.2, 0.25) is 5.02 Å². The van der Waals surface area contributed by atoms with Crippen LogP contribution < -0.4 is 19.8 Å². The number of ether oxygens (including phenoxy) is 2. The van der Waals surface area contributed by atoms with Gasteiger partial charge in [0.25, 0.3) is 11.8 Å². The number of aromatic hydroxyl groups is 1. The van der Waals surface area contributed by atoms with Gasteiger partial charge in [0.2, 0.25) is 17.6 Å². The van der Waals surface area contributed by atoms with Gasteiger partial charge in [-0.15, -0.1) is 0 Å². The standard InChI is InChI=1S/C44H40ClN3O7/c1-24-10-14-28(15-11-24)46-48-41(51)34-23-32-30(17-18-31-38(32)42(52)47(40(31)50)29-16-12-25(2)35(45)22-29)33(44(34,43(48)53)27-8-6-5-7-9-27)19-13-26-20-36(54-3)39(49)37(21-26)55-4/h5-17,19-22,31-34,38,46,49H,18,23H2,1-4H3/t31-,32+,33-,34-,38-,44-/m0/s1. The molecule has 0 aromatic heterocycles. The number of hydrogen-bond acceptors (Lipinski definition) is 8. The Kier molecular flexibility index (Phi) is 9.04. The highest BCUT2D eigenvalue weighted by atomic mass is 35.5. The topological polar surface area (TPSA) is 125 Å². The van der Waals surface area contributed by atoms with E-state index in [2.05, 4.69) is 5.43 Å². The summed E-state index contributed by atoms with van der Waals surface area (Å²) in [6.45, 7) is 3.81. The van der Waals surface area contributed by atoms with E-state index in [1.54, 1.807) is 30.3 Å². The molecular formula is C44H40ClN3O7. The summed E-state index contributed by atoms with van der Waals surface area (Å²) >= 11 is 6.47. The Morgan fingerprint density at radius 3 is 2.20 bits per heavy atom. The highest BCUT2D eigenvalue weighted by Gasteiger charge is 2.69. The van der Waals surface area contributed by atoms with Gasteiger partial charge in [-0.1, -0.05) is 89.5 Å². The first-order valence-electron chi connectivity index (χ1n) is 18.2. The van der Waals surface area contributed by atoms with Crippen molar-refractivity contribution in [1.29, 1.82) is 0 Å². The van der Waals surface area contributed by atoms with Gasteiger partial charge in [-0.2, -0.15) is 5.01 Å². The molecule has 0 bridgehead atoms. The molecule has 0 radical (unpaired) electrons. The zero-order chi connectivity index (χ0) is 38.8. The summed E-state index contributed by atoms with van der Waals surface area (Å²) in [7, 11) is 2.89. The Bertz CT molecular complexity index is 2280. The minimum absolute atomic E-state index is 0.153. The molecule has 2 saturated heterocycles. The van der Waals surface area contributed by atoms with Gasteiger partial charge in [0.05, 0.1) is 48.8 Å².